The van der Waals surface area contributed by atoms with Gasteiger partial charge in [0.05, 0.1) is 6.61 Å². The van der Waals surface area contributed by atoms with Gasteiger partial charge in [0.15, 0.2) is 12.4 Å². The second-order valence-corrected chi connectivity index (χ2v) is 2.30. The van der Waals surface area contributed by atoms with Gasteiger partial charge in [-0.25, -0.2) is 0 Å². The number of hydrogen-bond acceptors (Lipinski definition) is 2. The van der Waals surface area contributed by atoms with Gasteiger partial charge >= 0.3 is 6.23 Å². The Morgan fingerprint density at radius 2 is 2.00 bits per heavy atom. The van der Waals surface area contributed by atoms with E-state index in [0.29, 0.717) is 6.61 Å². The normalized spacial score (nSPS) is 11.5. The molecule has 0 saturated heterocycles. The van der Waals surface area contributed by atoms with Gasteiger partial charge in [-0.2, -0.15) is 4.57 Å². The van der Waals surface area contributed by atoms with Gasteiger partial charge in [0, 0.05) is 12.1 Å². The number of nitrogens with zero attached hydrogens (tertiary/aromatic N) is 1. The fourth-order valence-electron chi connectivity index (χ4n) is 0.948. The molecule has 0 radical (unpaired) electrons. The number of hydrogen-bond donors (Lipinski definition) is 0. The number of halogens is 1. The lowest BCUT2D eigenvalue weighted by Crippen LogP contribution is -3.00. The minimum atomic E-state index is -0.490. The quantitative estimate of drug-likeness (QED) is 0.442. The van der Waals surface area contributed by atoms with Gasteiger partial charge in [-0.3, -0.25) is 4.79 Å². The molecule has 72 valence electrons. The van der Waals surface area contributed by atoms with Gasteiger partial charge in [0.2, 0.25) is 6.29 Å². The van der Waals surface area contributed by atoms with Gasteiger partial charge in [-0.15, -0.1) is 0 Å². The van der Waals surface area contributed by atoms with E-state index < -0.39 is 6.23 Å². The number of carbonyl (C=O) groups is 1. The van der Waals surface area contributed by atoms with Crippen molar-refractivity contribution in [2.75, 3.05) is 6.61 Å². The summed E-state index contributed by atoms with van der Waals surface area (Å²) in [6, 6.07) is 5.61. The molecule has 3 nitrogen and oxygen atoms in total. The van der Waals surface area contributed by atoms with Gasteiger partial charge in [-0.05, 0) is 6.92 Å². The van der Waals surface area contributed by atoms with Crippen LogP contribution in [0.1, 0.15) is 13.2 Å². The molecule has 0 aromatic carbocycles. The van der Waals surface area contributed by atoms with Crippen LogP contribution in [-0.4, -0.2) is 12.9 Å². The molecular weight excluding hydrogens is 234 g/mol. The molecule has 0 aliphatic carbocycles. The summed E-state index contributed by atoms with van der Waals surface area (Å²) in [5.41, 5.74) is 0. The van der Waals surface area contributed by atoms with Crippen LogP contribution in [0.3, 0.4) is 0 Å². The van der Waals surface area contributed by atoms with Crippen molar-refractivity contribution < 1.29 is 31.1 Å². The summed E-state index contributed by atoms with van der Waals surface area (Å²) < 4.78 is 6.89. The topological polar surface area (TPSA) is 30.2 Å². The summed E-state index contributed by atoms with van der Waals surface area (Å²) in [5.74, 6) is 0. The summed E-state index contributed by atoms with van der Waals surface area (Å²) in [4.78, 5) is 10.5. The Balaban J connectivity index is 0.00000144. The summed E-state index contributed by atoms with van der Waals surface area (Å²) >= 11 is 0. The van der Waals surface area contributed by atoms with Crippen LogP contribution < -0.4 is 21.5 Å². The molecule has 1 aromatic heterocycles. The number of pyridine rings is 1. The van der Waals surface area contributed by atoms with E-state index in [1.807, 2.05) is 25.1 Å². The number of rotatable bonds is 4. The third-order valence-corrected chi connectivity index (χ3v) is 1.49. The van der Waals surface area contributed by atoms with Crippen LogP contribution >= 0.6 is 0 Å². The van der Waals surface area contributed by atoms with E-state index in [9.17, 15) is 4.79 Å². The highest BCUT2D eigenvalue weighted by atomic mass is 79.9. The van der Waals surface area contributed by atoms with E-state index in [1.54, 1.807) is 17.0 Å². The SMILES string of the molecule is CCOC(C=O)[n+]1ccccc1.[Br-]. The molecule has 0 aliphatic heterocycles. The van der Waals surface area contributed by atoms with E-state index in [4.69, 9.17) is 4.74 Å². The molecule has 1 aromatic rings. The lowest BCUT2D eigenvalue weighted by atomic mass is 10.4. The lowest BCUT2D eigenvalue weighted by molar-refractivity contribution is -0.744. The first-order valence-electron chi connectivity index (χ1n) is 3.91. The predicted molar refractivity (Wildman–Crippen MR) is 43.4 cm³/mol. The zero-order valence-electron chi connectivity index (χ0n) is 7.39. The highest BCUT2D eigenvalue weighted by molar-refractivity contribution is 5.51. The molecule has 0 saturated carbocycles. The van der Waals surface area contributed by atoms with Crippen LogP contribution in [0.2, 0.25) is 0 Å². The summed E-state index contributed by atoms with van der Waals surface area (Å²) in [6.07, 6.45) is 3.89. The molecule has 1 rings (SSSR count). The van der Waals surface area contributed by atoms with E-state index in [0.717, 1.165) is 6.29 Å². The van der Waals surface area contributed by atoms with Crippen molar-refractivity contribution in [3.8, 4) is 0 Å². The summed E-state index contributed by atoms with van der Waals surface area (Å²) in [6.45, 7) is 2.39. The van der Waals surface area contributed by atoms with Crippen molar-refractivity contribution in [2.24, 2.45) is 0 Å². The molecule has 0 N–H and O–H groups in total. The van der Waals surface area contributed by atoms with Gasteiger partial charge in [0.25, 0.3) is 0 Å². The van der Waals surface area contributed by atoms with Gasteiger partial charge < -0.3 is 21.7 Å². The van der Waals surface area contributed by atoms with Crippen molar-refractivity contribution in [1.82, 2.24) is 0 Å². The van der Waals surface area contributed by atoms with Crippen molar-refractivity contribution >= 4 is 6.29 Å². The number of aromatic nitrogens is 1. The fraction of sp³-hybridized carbons (Fsp3) is 0.333. The first-order chi connectivity index (χ1) is 5.88. The lowest BCUT2D eigenvalue weighted by Gasteiger charge is -2.03. The molecule has 0 fully saturated rings. The molecule has 0 bridgehead atoms. The molecule has 1 unspecified atom stereocenters. The molecule has 13 heavy (non-hydrogen) atoms. The van der Waals surface area contributed by atoms with Gasteiger partial charge in [-0.1, -0.05) is 6.07 Å². The highest BCUT2D eigenvalue weighted by Crippen LogP contribution is 1.93. The number of carbonyl (C=O) groups excluding carboxylic acids is 1. The van der Waals surface area contributed by atoms with Crippen molar-refractivity contribution in [3.05, 3.63) is 30.6 Å². The van der Waals surface area contributed by atoms with Crippen LogP contribution in [0.25, 0.3) is 0 Å². The first-order valence-corrected chi connectivity index (χ1v) is 3.91. The Hall–Kier alpha value is -0.740. The Morgan fingerprint density at radius 1 is 1.38 bits per heavy atom. The maximum absolute atomic E-state index is 10.5. The average molecular weight is 246 g/mol. The predicted octanol–water partition coefficient (Wildman–Crippen LogP) is -2.29. The fourth-order valence-corrected chi connectivity index (χ4v) is 0.948. The second kappa shape index (κ2) is 6.74. The molecule has 0 spiro atoms. The third kappa shape index (κ3) is 3.65. The van der Waals surface area contributed by atoms with Crippen LogP contribution in [-0.2, 0) is 9.53 Å². The monoisotopic (exact) mass is 245 g/mol. The summed E-state index contributed by atoms with van der Waals surface area (Å²) in [5, 5.41) is 0. The minimum absolute atomic E-state index is 0. The first kappa shape index (κ1) is 12.3. The average Bonchev–Trinajstić information content (AvgIpc) is 2.15. The molecule has 4 heteroatoms. The second-order valence-electron chi connectivity index (χ2n) is 2.30. The van der Waals surface area contributed by atoms with Crippen LogP contribution in [0.15, 0.2) is 30.6 Å². The largest absolute Gasteiger partial charge is 1.00 e. The van der Waals surface area contributed by atoms with Crippen molar-refractivity contribution in [2.45, 2.75) is 13.2 Å². The van der Waals surface area contributed by atoms with E-state index in [-0.39, 0.29) is 17.0 Å². The zero-order valence-corrected chi connectivity index (χ0v) is 8.98. The smallest absolute Gasteiger partial charge is 0.320 e. The Labute approximate surface area is 88.1 Å². The minimum Gasteiger partial charge on any atom is -1.00 e. The third-order valence-electron chi connectivity index (χ3n) is 1.49. The molecular formula is C9H12BrNO2. The number of aldehydes is 1. The van der Waals surface area contributed by atoms with E-state index in [1.165, 1.54) is 0 Å². The van der Waals surface area contributed by atoms with E-state index in [2.05, 4.69) is 0 Å². The van der Waals surface area contributed by atoms with Crippen LogP contribution in [0.5, 0.6) is 0 Å². The Kier molecular flexibility index (Phi) is 6.36. The summed E-state index contributed by atoms with van der Waals surface area (Å²) in [7, 11) is 0. The Bertz CT molecular complexity index is 241. The maximum atomic E-state index is 10.5. The van der Waals surface area contributed by atoms with E-state index >= 15 is 0 Å². The highest BCUT2D eigenvalue weighted by Gasteiger charge is 2.14. The molecule has 0 amide bonds. The van der Waals surface area contributed by atoms with Gasteiger partial charge in [0.1, 0.15) is 0 Å². The molecule has 1 heterocycles. The molecule has 0 aliphatic rings. The standard InChI is InChI=1S/C9H12NO2.BrH/c1-2-12-9(8-11)10-6-4-3-5-7-10;/h3-9H,2H2,1H3;1H/q+1;/p-1. The maximum Gasteiger partial charge on any atom is 0.320 e. The number of ether oxygens (including phenoxy) is 1. The van der Waals surface area contributed by atoms with Crippen LogP contribution in [0, 0.1) is 0 Å². The van der Waals surface area contributed by atoms with Crippen LogP contribution in [0.4, 0.5) is 0 Å². The van der Waals surface area contributed by atoms with Crippen molar-refractivity contribution in [3.63, 3.8) is 0 Å². The Morgan fingerprint density at radius 3 is 2.46 bits per heavy atom. The zero-order chi connectivity index (χ0) is 8.81. The molecule has 1 atom stereocenters. The van der Waals surface area contributed by atoms with Crippen molar-refractivity contribution in [1.29, 1.82) is 0 Å².